The van der Waals surface area contributed by atoms with Gasteiger partial charge in [-0.1, -0.05) is 140 Å². The number of benzene rings is 3. The van der Waals surface area contributed by atoms with Crippen LogP contribution in [0.5, 0.6) is 11.5 Å². The number of aliphatic hydroxyl groups excluding tert-OH is 1. The SMILES string of the molecule is CC[C@H](C)[C@@H]([C@@H](CC(=O)N1CCC[C@H]1[C@H](OC)[C@@H](C)C(=O)C[C@H](C)[C@@H](O)c1ccccc1)OC)N(C)C(=O)[C@@H](NC(=O)[C@H](C(C)C)N(C)C(=O)OCc1ccc(NC(=O)[C@H](CCCNC(N)=O)NC(=O)[C@@H](NC(=O)CCSSC(C)(C)CC(=O)CN=C2CCc3cc(OCCCC(=O)ON4C(=O)CCC4=O)cc(O)c32)C(C)C)cc1)C(C)C. The molecule has 12 atom stereocenters. The van der Waals surface area contributed by atoms with E-state index in [-0.39, 0.29) is 126 Å². The second kappa shape index (κ2) is 47.0. The van der Waals surface area contributed by atoms with Gasteiger partial charge in [-0.25, -0.2) is 14.4 Å². The van der Waals surface area contributed by atoms with E-state index in [1.807, 2.05) is 65.0 Å². The summed E-state index contributed by atoms with van der Waals surface area (Å²) in [5.74, 6) is -6.80. The molecule has 0 aromatic heterocycles. The highest BCUT2D eigenvalue weighted by molar-refractivity contribution is 8.77. The van der Waals surface area contributed by atoms with Crippen LogP contribution >= 0.6 is 21.6 Å². The summed E-state index contributed by atoms with van der Waals surface area (Å²) >= 11 is 0. The first-order valence-corrected chi connectivity index (χ1v) is 43.1. The van der Waals surface area contributed by atoms with Crippen LogP contribution < -0.4 is 37.1 Å². The molecule has 0 saturated carbocycles. The Balaban J connectivity index is 0.972. The molecule has 1 aliphatic carbocycles. The fourth-order valence-electron chi connectivity index (χ4n) is 15.0. The van der Waals surface area contributed by atoms with Crippen molar-refractivity contribution in [1.82, 2.24) is 41.0 Å². The molecule has 0 radical (unpaired) electrons. The minimum atomic E-state index is -1.15. The van der Waals surface area contributed by atoms with E-state index in [0.29, 0.717) is 77.7 Å². The van der Waals surface area contributed by atoms with Crippen molar-refractivity contribution in [1.29, 1.82) is 0 Å². The van der Waals surface area contributed by atoms with Crippen LogP contribution in [0.15, 0.2) is 71.7 Å². The molecule has 6 rings (SSSR count). The van der Waals surface area contributed by atoms with Crippen molar-refractivity contribution < 1.29 is 96.3 Å². The number of urea groups is 1. The summed E-state index contributed by atoms with van der Waals surface area (Å²) in [4.78, 5) is 188. The quantitative estimate of drug-likeness (QED) is 0.0148. The molecule has 31 nitrogen and oxygen atoms in total. The maximum absolute atomic E-state index is 14.9. The zero-order valence-electron chi connectivity index (χ0n) is 71.2. The van der Waals surface area contributed by atoms with Crippen molar-refractivity contribution in [2.24, 2.45) is 46.2 Å². The molecule has 3 aliphatic rings. The standard InChI is InChI=1S/C85H125N11O20S2/c1-17-52(8)76(66(112-15)45-70(103)95-39-22-27-63(95)78(113-16)54(10)64(98)42-53(9)77(105)56-24-19-18-20-25-56)93(13)82(109)74(50(4)5)92-81(108)75(51(6)7)94(14)84(111)115-48-55-29-32-58(33-30-55)89-79(106)62(26-21-38-87-83(86)110)90-80(107)73(49(2)3)91-67(100)37-41-117-118-85(11,12)46-59(97)47-88-61-34-31-57-43-60(44-65(99)72(57)61)114-40-23-28-71(104)116-96-68(101)35-36-69(96)102/h18-20,24-25,29-30,32-33,43-44,49-54,62-63,66,73-78,99,105H,17,21-23,26-28,31,34-42,45-48H2,1-16H3,(H,89,106)(H,90,107)(H,91,100)(H,92,108)(H3,86,87,110)/t52-,53-,54-,62-,63-,66+,73-,74-,75-,76-,77+,78+/m0/s1. The number of nitrogens with two attached hydrogens (primary N) is 1. The lowest BCUT2D eigenvalue weighted by molar-refractivity contribution is -0.197. The predicted octanol–water partition coefficient (Wildman–Crippen LogP) is 9.10. The average molecular weight is 1690 g/mol. The summed E-state index contributed by atoms with van der Waals surface area (Å²) in [5, 5.41) is 36.4. The molecule has 9 N–H and O–H groups in total. The number of rotatable bonds is 48. The van der Waals surface area contributed by atoms with Crippen molar-refractivity contribution in [3.05, 3.63) is 89.0 Å². The van der Waals surface area contributed by atoms with Gasteiger partial charge in [-0.3, -0.25) is 57.8 Å². The number of anilines is 1. The zero-order chi connectivity index (χ0) is 87.4. The maximum Gasteiger partial charge on any atom is 0.410 e. The Morgan fingerprint density at radius 1 is 0.754 bits per heavy atom. The van der Waals surface area contributed by atoms with E-state index < -0.39 is 142 Å². The first-order valence-electron chi connectivity index (χ1n) is 40.8. The molecule has 2 saturated heterocycles. The van der Waals surface area contributed by atoms with Gasteiger partial charge in [0.1, 0.15) is 48.1 Å². The largest absolute Gasteiger partial charge is 0.507 e. The number of aryl methyl sites for hydroxylation is 1. The number of nitrogens with one attached hydrogen (secondary N) is 5. The van der Waals surface area contributed by atoms with Gasteiger partial charge in [0.15, 0.2) is 5.78 Å². The third kappa shape index (κ3) is 28.8. The van der Waals surface area contributed by atoms with Crippen LogP contribution in [-0.2, 0) is 84.8 Å². The Bertz CT molecular complexity index is 3960. The zero-order valence-corrected chi connectivity index (χ0v) is 72.9. The van der Waals surface area contributed by atoms with Crippen molar-refractivity contribution in [3.8, 4) is 11.5 Å². The third-order valence-corrected chi connectivity index (χ3v) is 25.0. The number of primary amides is 1. The summed E-state index contributed by atoms with van der Waals surface area (Å²) < 4.78 is 23.1. The second-order valence-electron chi connectivity index (χ2n) is 32.5. The summed E-state index contributed by atoms with van der Waals surface area (Å²) in [6.07, 6.45) is 0.496. The number of likely N-dealkylation sites (tertiary alicyclic amines) is 1. The van der Waals surface area contributed by atoms with Crippen LogP contribution in [0.1, 0.15) is 201 Å². The first kappa shape index (κ1) is 97.6. The fourth-order valence-corrected chi connectivity index (χ4v) is 17.6. The minimum absolute atomic E-state index is 0.00670. The molecule has 2 aliphatic heterocycles. The number of phenolic OH excluding ortho intramolecular Hbond substituents is 1. The second-order valence-corrected chi connectivity index (χ2v) is 35.6. The summed E-state index contributed by atoms with van der Waals surface area (Å²) in [5.41, 5.74) is 8.77. The molecule has 33 heteroatoms. The molecular formula is C85H125N11O20S2. The smallest absolute Gasteiger partial charge is 0.410 e. The summed E-state index contributed by atoms with van der Waals surface area (Å²) in [6.45, 7) is 22.3. The lowest BCUT2D eigenvalue weighted by Crippen LogP contribution is -2.60. The number of Topliss-reactive ketones (excluding diaryl/α,β-unsaturated/α-hetero) is 2. The van der Waals surface area contributed by atoms with Crippen molar-refractivity contribution in [2.75, 3.05) is 65.6 Å². The minimum Gasteiger partial charge on any atom is -0.507 e. The van der Waals surface area contributed by atoms with Gasteiger partial charge < -0.3 is 76.1 Å². The number of aliphatic hydroxyl groups is 1. The van der Waals surface area contributed by atoms with E-state index >= 15 is 0 Å². The van der Waals surface area contributed by atoms with Crippen LogP contribution in [0.3, 0.4) is 0 Å². The number of carbonyl (C=O) groups excluding carboxylic acids is 13. The third-order valence-electron chi connectivity index (χ3n) is 21.7. The maximum atomic E-state index is 14.9. The van der Waals surface area contributed by atoms with Gasteiger partial charge in [0.25, 0.3) is 11.8 Å². The normalized spacial score (nSPS) is 17.3. The first-order chi connectivity index (χ1) is 55.8. The van der Waals surface area contributed by atoms with Gasteiger partial charge in [-0.2, -0.15) is 0 Å². The molecule has 0 spiro atoms. The summed E-state index contributed by atoms with van der Waals surface area (Å²) in [6, 6.07) is 12.6. The number of imide groups is 1. The number of methoxy groups -OCH3 is 2. The molecule has 11 amide bonds. The predicted molar refractivity (Wildman–Crippen MR) is 448 cm³/mol. The number of aliphatic imine (C=N–C) groups is 1. The highest BCUT2D eigenvalue weighted by atomic mass is 33.1. The Labute approximate surface area is 701 Å². The number of ketones is 2. The Kier molecular flexibility index (Phi) is 38.9. The number of amides is 11. The molecule has 2 heterocycles. The molecule has 2 fully saturated rings. The van der Waals surface area contributed by atoms with E-state index in [1.165, 1.54) is 53.8 Å². The Morgan fingerprint density at radius 3 is 2.04 bits per heavy atom. The lowest BCUT2D eigenvalue weighted by Gasteiger charge is -2.41. The van der Waals surface area contributed by atoms with Crippen molar-refractivity contribution >= 4 is 110 Å². The van der Waals surface area contributed by atoms with Gasteiger partial charge in [-0.05, 0) is 123 Å². The Morgan fingerprint density at radius 2 is 1.42 bits per heavy atom. The number of hydrogen-bond acceptors (Lipinski definition) is 23. The molecular weight excluding hydrogens is 1560 g/mol. The van der Waals surface area contributed by atoms with Crippen molar-refractivity contribution in [2.45, 2.75) is 245 Å². The lowest BCUT2D eigenvalue weighted by atomic mass is 9.85. The number of hydrogen-bond donors (Lipinski definition) is 8. The molecule has 3 aromatic rings. The molecule has 0 unspecified atom stereocenters. The van der Waals surface area contributed by atoms with E-state index in [4.69, 9.17) is 29.5 Å². The highest BCUT2D eigenvalue weighted by Gasteiger charge is 2.45. The van der Waals surface area contributed by atoms with Crippen molar-refractivity contribution in [3.63, 3.8) is 0 Å². The number of likely N-dealkylation sites (N-methyl/N-ethyl adjacent to an activating group) is 2. The van der Waals surface area contributed by atoms with Crippen LogP contribution in [0, 0.1) is 35.5 Å². The monoisotopic (exact) mass is 1680 g/mol. The highest BCUT2D eigenvalue weighted by Crippen LogP contribution is 2.40. The van der Waals surface area contributed by atoms with Gasteiger partial charge >= 0.3 is 18.1 Å². The Hall–Kier alpha value is -9.18. The van der Waals surface area contributed by atoms with Gasteiger partial charge in [0.05, 0.1) is 56.4 Å². The molecule has 652 valence electrons. The number of aromatic hydroxyl groups is 1. The van der Waals surface area contributed by atoms with Crippen LogP contribution in [0.25, 0.3) is 0 Å². The van der Waals surface area contributed by atoms with Crippen LogP contribution in [0.4, 0.5) is 15.3 Å². The van der Waals surface area contributed by atoms with E-state index in [0.717, 1.165) is 11.1 Å². The van der Waals surface area contributed by atoms with E-state index in [2.05, 4.69) is 31.6 Å². The molecule has 3 aromatic carbocycles. The van der Waals surface area contributed by atoms with E-state index in [9.17, 15) is 72.5 Å². The number of fused-ring (bicyclic) bond motifs is 1. The fraction of sp³-hybridized carbons (Fsp3) is 0.624. The van der Waals surface area contributed by atoms with Gasteiger partial charge in [-0.15, -0.1) is 5.06 Å². The van der Waals surface area contributed by atoms with Crippen LogP contribution in [-0.4, -0.2) is 226 Å². The number of carbonyl (C=O) groups is 13. The topological polar surface area (TPSA) is 420 Å². The number of hydroxylamine groups is 2. The van der Waals surface area contributed by atoms with E-state index in [1.54, 1.807) is 95.6 Å². The number of ether oxygens (including phenoxy) is 4. The number of nitrogens with zero attached hydrogens (tertiary/aromatic N) is 5. The molecule has 0 bridgehead atoms. The summed E-state index contributed by atoms with van der Waals surface area (Å²) in [7, 11) is 8.93. The van der Waals surface area contributed by atoms with Gasteiger partial charge in [0.2, 0.25) is 35.4 Å². The van der Waals surface area contributed by atoms with Gasteiger partial charge in [0, 0.05) is 113 Å². The molecule has 118 heavy (non-hydrogen) atoms. The number of phenols is 1. The van der Waals surface area contributed by atoms with Crippen LogP contribution in [0.2, 0.25) is 0 Å². The average Bonchev–Trinajstić information content (AvgIpc) is 1.71.